The van der Waals surface area contributed by atoms with Gasteiger partial charge in [0.1, 0.15) is 5.75 Å². The highest BCUT2D eigenvalue weighted by Crippen LogP contribution is 2.19. The summed E-state index contributed by atoms with van der Waals surface area (Å²) < 4.78 is 5.67. The van der Waals surface area contributed by atoms with E-state index in [9.17, 15) is 4.79 Å². The van der Waals surface area contributed by atoms with Crippen LogP contribution >= 0.6 is 0 Å². The molecule has 2 aromatic rings. The molecule has 2 aromatic carbocycles. The maximum absolute atomic E-state index is 12.7. The van der Waals surface area contributed by atoms with Gasteiger partial charge < -0.3 is 9.64 Å². The average Bonchev–Trinajstić information content (AvgIpc) is 2.50. The van der Waals surface area contributed by atoms with Crippen molar-refractivity contribution in [2.75, 3.05) is 6.61 Å². The van der Waals surface area contributed by atoms with E-state index in [-0.39, 0.29) is 18.1 Å². The Balaban J connectivity index is 2.05. The molecule has 1 amide bonds. The lowest BCUT2D eigenvalue weighted by Gasteiger charge is -2.35. The molecule has 0 unspecified atom stereocenters. The van der Waals surface area contributed by atoms with Gasteiger partial charge >= 0.3 is 0 Å². The van der Waals surface area contributed by atoms with Crippen molar-refractivity contribution in [1.82, 2.24) is 4.90 Å². The van der Waals surface area contributed by atoms with E-state index in [1.807, 2.05) is 87.2 Å². The van der Waals surface area contributed by atoms with Crippen LogP contribution in [0.2, 0.25) is 0 Å². The van der Waals surface area contributed by atoms with Gasteiger partial charge in [-0.05, 0) is 51.0 Å². The predicted molar refractivity (Wildman–Crippen MR) is 93.4 cm³/mol. The summed E-state index contributed by atoms with van der Waals surface area (Å²) in [7, 11) is 0. The van der Waals surface area contributed by atoms with Gasteiger partial charge in [-0.2, -0.15) is 0 Å². The van der Waals surface area contributed by atoms with Gasteiger partial charge in [0, 0.05) is 12.1 Å². The largest absolute Gasteiger partial charge is 0.484 e. The molecule has 0 heterocycles. The molecule has 0 atom stereocenters. The highest BCUT2D eigenvalue weighted by Gasteiger charge is 2.26. The summed E-state index contributed by atoms with van der Waals surface area (Å²) in [5, 5.41) is 0. The number of hydrogen-bond donors (Lipinski definition) is 0. The van der Waals surface area contributed by atoms with E-state index in [0.29, 0.717) is 6.54 Å². The summed E-state index contributed by atoms with van der Waals surface area (Å²) in [6, 6.07) is 17.8. The van der Waals surface area contributed by atoms with E-state index in [0.717, 1.165) is 16.9 Å². The third-order valence-corrected chi connectivity index (χ3v) is 3.65. The van der Waals surface area contributed by atoms with Crippen molar-refractivity contribution in [2.45, 2.75) is 39.8 Å². The first-order valence-corrected chi connectivity index (χ1v) is 7.90. The van der Waals surface area contributed by atoms with Crippen molar-refractivity contribution < 1.29 is 9.53 Å². The van der Waals surface area contributed by atoms with Crippen molar-refractivity contribution in [3.05, 3.63) is 65.7 Å². The SMILES string of the molecule is Cc1cccc(OCC(=O)N(Cc2ccccc2)C(C)(C)C)c1. The minimum atomic E-state index is -0.261. The topological polar surface area (TPSA) is 29.5 Å². The summed E-state index contributed by atoms with van der Waals surface area (Å²) >= 11 is 0. The molecular weight excluding hydrogens is 286 g/mol. The standard InChI is InChI=1S/C20H25NO2/c1-16-9-8-12-18(13-16)23-15-19(22)21(20(2,3)4)14-17-10-6-5-7-11-17/h5-13H,14-15H2,1-4H3. The predicted octanol–water partition coefficient (Wildman–Crippen LogP) is 4.20. The number of carbonyl (C=O) groups is 1. The molecule has 0 aliphatic carbocycles. The average molecular weight is 311 g/mol. The molecule has 0 fully saturated rings. The quantitative estimate of drug-likeness (QED) is 0.828. The molecule has 122 valence electrons. The molecule has 0 N–H and O–H groups in total. The lowest BCUT2D eigenvalue weighted by atomic mass is 10.0. The molecule has 3 heteroatoms. The van der Waals surface area contributed by atoms with Gasteiger partial charge in [-0.1, -0.05) is 42.5 Å². The number of nitrogens with zero attached hydrogens (tertiary/aromatic N) is 1. The summed E-state index contributed by atoms with van der Waals surface area (Å²) in [6.07, 6.45) is 0. The second kappa shape index (κ2) is 7.32. The smallest absolute Gasteiger partial charge is 0.261 e. The Morgan fingerprint density at radius 1 is 1.04 bits per heavy atom. The zero-order valence-electron chi connectivity index (χ0n) is 14.4. The van der Waals surface area contributed by atoms with Gasteiger partial charge in [-0.3, -0.25) is 4.79 Å². The van der Waals surface area contributed by atoms with Crippen LogP contribution in [0.25, 0.3) is 0 Å². The van der Waals surface area contributed by atoms with Gasteiger partial charge in [-0.25, -0.2) is 0 Å². The van der Waals surface area contributed by atoms with Crippen LogP contribution in [0.1, 0.15) is 31.9 Å². The van der Waals surface area contributed by atoms with Crippen molar-refractivity contribution in [1.29, 1.82) is 0 Å². The molecule has 0 aliphatic heterocycles. The fourth-order valence-electron chi connectivity index (χ4n) is 2.39. The van der Waals surface area contributed by atoms with Crippen molar-refractivity contribution >= 4 is 5.91 Å². The normalized spacial score (nSPS) is 11.1. The van der Waals surface area contributed by atoms with Crippen LogP contribution in [0.15, 0.2) is 54.6 Å². The Labute approximate surface area is 138 Å². The molecule has 0 bridgehead atoms. The number of amides is 1. The number of hydrogen-bond acceptors (Lipinski definition) is 2. The first-order chi connectivity index (χ1) is 10.9. The number of rotatable bonds is 5. The Bertz CT molecular complexity index is 644. The third-order valence-electron chi connectivity index (χ3n) is 3.65. The second-order valence-corrected chi connectivity index (χ2v) is 6.74. The van der Waals surface area contributed by atoms with Crippen LogP contribution in [0.5, 0.6) is 5.75 Å². The molecule has 3 nitrogen and oxygen atoms in total. The molecule has 0 saturated heterocycles. The number of carbonyl (C=O) groups excluding carboxylic acids is 1. The van der Waals surface area contributed by atoms with Gasteiger partial charge in [0.25, 0.3) is 5.91 Å². The van der Waals surface area contributed by atoms with Gasteiger partial charge in [0.15, 0.2) is 6.61 Å². The summed E-state index contributed by atoms with van der Waals surface area (Å²) in [4.78, 5) is 14.5. The van der Waals surface area contributed by atoms with Crippen LogP contribution in [-0.4, -0.2) is 23.0 Å². The zero-order chi connectivity index (χ0) is 16.9. The summed E-state index contributed by atoms with van der Waals surface area (Å²) in [5.74, 6) is 0.717. The monoisotopic (exact) mass is 311 g/mol. The fraction of sp³-hybridized carbons (Fsp3) is 0.350. The lowest BCUT2D eigenvalue weighted by Crippen LogP contribution is -2.47. The minimum Gasteiger partial charge on any atom is -0.484 e. The maximum atomic E-state index is 12.7. The number of ether oxygens (including phenoxy) is 1. The van der Waals surface area contributed by atoms with E-state index < -0.39 is 0 Å². The molecular formula is C20H25NO2. The second-order valence-electron chi connectivity index (χ2n) is 6.74. The lowest BCUT2D eigenvalue weighted by molar-refractivity contribution is -0.139. The van der Waals surface area contributed by atoms with E-state index in [4.69, 9.17) is 4.74 Å². The van der Waals surface area contributed by atoms with Gasteiger partial charge in [0.05, 0.1) is 0 Å². The molecule has 23 heavy (non-hydrogen) atoms. The van der Waals surface area contributed by atoms with Gasteiger partial charge in [0.2, 0.25) is 0 Å². The Morgan fingerprint density at radius 3 is 2.35 bits per heavy atom. The van der Waals surface area contributed by atoms with E-state index in [1.165, 1.54) is 0 Å². The van der Waals surface area contributed by atoms with E-state index >= 15 is 0 Å². The molecule has 0 aromatic heterocycles. The third kappa shape index (κ3) is 5.13. The van der Waals surface area contributed by atoms with Crippen molar-refractivity contribution in [3.63, 3.8) is 0 Å². The molecule has 0 aliphatic rings. The Kier molecular flexibility index (Phi) is 5.43. The van der Waals surface area contributed by atoms with Crippen LogP contribution in [0.4, 0.5) is 0 Å². The summed E-state index contributed by atoms with van der Waals surface area (Å²) in [5.41, 5.74) is 1.97. The Hall–Kier alpha value is -2.29. The number of aryl methyl sites for hydroxylation is 1. The minimum absolute atomic E-state index is 0.0112. The van der Waals surface area contributed by atoms with E-state index in [2.05, 4.69) is 0 Å². The zero-order valence-corrected chi connectivity index (χ0v) is 14.4. The molecule has 0 saturated carbocycles. The Morgan fingerprint density at radius 2 is 1.74 bits per heavy atom. The summed E-state index contributed by atoms with van der Waals surface area (Å²) in [6.45, 7) is 8.76. The fourth-order valence-corrected chi connectivity index (χ4v) is 2.39. The molecule has 2 rings (SSSR count). The highest BCUT2D eigenvalue weighted by molar-refractivity contribution is 5.78. The maximum Gasteiger partial charge on any atom is 0.261 e. The first kappa shape index (κ1) is 17.1. The highest BCUT2D eigenvalue weighted by atomic mass is 16.5. The van der Waals surface area contributed by atoms with Crippen LogP contribution in [0.3, 0.4) is 0 Å². The van der Waals surface area contributed by atoms with E-state index in [1.54, 1.807) is 0 Å². The van der Waals surface area contributed by atoms with Crippen molar-refractivity contribution in [3.8, 4) is 5.75 Å². The van der Waals surface area contributed by atoms with Crippen molar-refractivity contribution in [2.24, 2.45) is 0 Å². The molecule has 0 spiro atoms. The number of benzene rings is 2. The first-order valence-electron chi connectivity index (χ1n) is 7.90. The van der Waals surface area contributed by atoms with Gasteiger partial charge in [-0.15, -0.1) is 0 Å². The molecule has 0 radical (unpaired) electrons. The van der Waals surface area contributed by atoms with Crippen LogP contribution in [-0.2, 0) is 11.3 Å². The van der Waals surface area contributed by atoms with Crippen LogP contribution < -0.4 is 4.74 Å². The van der Waals surface area contributed by atoms with Crippen LogP contribution in [0, 0.1) is 6.92 Å².